The Morgan fingerprint density at radius 3 is 2.37 bits per heavy atom. The first-order valence-corrected chi connectivity index (χ1v) is 9.97. The number of nitrogens with one attached hydrogen (secondary N) is 2. The summed E-state index contributed by atoms with van der Waals surface area (Å²) in [6.07, 6.45) is 7.81. The predicted molar refractivity (Wildman–Crippen MR) is 100 cm³/mol. The summed E-state index contributed by atoms with van der Waals surface area (Å²) in [5.74, 6) is -0.501. The maximum atomic E-state index is 12.6. The number of hydrogen-bond acceptors (Lipinski definition) is 4. The molecule has 0 aromatic rings. The third-order valence-electron chi connectivity index (χ3n) is 6.60. The number of carboxylic acids is 1. The van der Waals surface area contributed by atoms with Crippen molar-refractivity contribution in [2.75, 3.05) is 0 Å². The van der Waals surface area contributed by atoms with Crippen LogP contribution in [0.4, 0.5) is 0 Å². The van der Waals surface area contributed by atoms with Gasteiger partial charge in [0.05, 0.1) is 5.84 Å². The van der Waals surface area contributed by atoms with E-state index in [4.69, 9.17) is 16.2 Å². The molecule has 3 aliphatic carbocycles. The maximum Gasteiger partial charge on any atom is 0.328 e. The fourth-order valence-electron chi connectivity index (χ4n) is 5.04. The molecule has 3 fully saturated rings. The number of ketones is 1. The van der Waals surface area contributed by atoms with Crippen LogP contribution in [0.15, 0.2) is 11.6 Å². The first kappa shape index (κ1) is 19.6. The summed E-state index contributed by atoms with van der Waals surface area (Å²) in [7, 11) is 0. The third kappa shape index (κ3) is 4.57. The molecule has 0 aromatic heterocycles. The number of aliphatic carboxylic acids is 1. The zero-order chi connectivity index (χ0) is 19.6. The lowest BCUT2D eigenvalue weighted by atomic mass is 9.67. The van der Waals surface area contributed by atoms with Crippen LogP contribution >= 0.6 is 0 Å². The number of amidine groups is 1. The predicted octanol–water partition coefficient (Wildman–Crippen LogP) is 2.00. The number of nitrogens with two attached hydrogens (primary N) is 1. The second-order valence-corrected chi connectivity index (χ2v) is 8.30. The van der Waals surface area contributed by atoms with Gasteiger partial charge >= 0.3 is 5.97 Å². The van der Waals surface area contributed by atoms with Crippen LogP contribution in [-0.4, -0.2) is 34.6 Å². The molecular formula is C20H29N3O4. The highest BCUT2D eigenvalue weighted by atomic mass is 16.4. The van der Waals surface area contributed by atoms with Crippen molar-refractivity contribution in [2.45, 2.75) is 63.8 Å². The Kier molecular flexibility index (Phi) is 5.97. The minimum absolute atomic E-state index is 0.00332. The molecule has 1 amide bonds. The van der Waals surface area contributed by atoms with Crippen molar-refractivity contribution in [3.8, 4) is 0 Å². The van der Waals surface area contributed by atoms with E-state index in [0.29, 0.717) is 18.4 Å². The van der Waals surface area contributed by atoms with E-state index in [1.807, 2.05) is 0 Å². The van der Waals surface area contributed by atoms with Gasteiger partial charge in [0, 0.05) is 35.4 Å². The summed E-state index contributed by atoms with van der Waals surface area (Å²) in [6, 6.07) is 0.0992. The SMILES string of the molecule is N=C(N)C1CCC(C(=O)NC2CCC3C(=O)/C(=C/C(=O)O)CCC3C2)CC1. The molecule has 3 unspecified atom stereocenters. The van der Waals surface area contributed by atoms with Crippen LogP contribution in [0.1, 0.15) is 57.8 Å². The second kappa shape index (κ2) is 8.23. The largest absolute Gasteiger partial charge is 0.478 e. The zero-order valence-corrected chi connectivity index (χ0v) is 15.6. The molecular weight excluding hydrogens is 346 g/mol. The van der Waals surface area contributed by atoms with E-state index in [1.54, 1.807) is 0 Å². The number of carbonyl (C=O) groups excluding carboxylic acids is 2. The van der Waals surface area contributed by atoms with E-state index in [2.05, 4.69) is 5.32 Å². The van der Waals surface area contributed by atoms with Crippen LogP contribution in [-0.2, 0) is 14.4 Å². The normalized spacial score (nSPS) is 35.3. The molecule has 3 saturated carbocycles. The highest BCUT2D eigenvalue weighted by Crippen LogP contribution is 2.40. The molecule has 0 saturated heterocycles. The summed E-state index contributed by atoms with van der Waals surface area (Å²) in [4.78, 5) is 36.0. The first-order chi connectivity index (χ1) is 12.8. The van der Waals surface area contributed by atoms with Crippen molar-refractivity contribution in [3.63, 3.8) is 0 Å². The molecule has 0 bridgehead atoms. The summed E-state index contributed by atoms with van der Waals surface area (Å²) >= 11 is 0. The van der Waals surface area contributed by atoms with Crippen molar-refractivity contribution in [1.82, 2.24) is 5.32 Å². The van der Waals surface area contributed by atoms with E-state index in [0.717, 1.165) is 51.0 Å². The summed E-state index contributed by atoms with van der Waals surface area (Å²) < 4.78 is 0. The van der Waals surface area contributed by atoms with Crippen molar-refractivity contribution in [2.24, 2.45) is 29.4 Å². The van der Waals surface area contributed by atoms with Crippen molar-refractivity contribution >= 4 is 23.5 Å². The molecule has 0 heterocycles. The maximum absolute atomic E-state index is 12.6. The van der Waals surface area contributed by atoms with Gasteiger partial charge in [-0.1, -0.05) is 0 Å². The van der Waals surface area contributed by atoms with Crippen LogP contribution in [0.25, 0.3) is 0 Å². The Morgan fingerprint density at radius 2 is 1.74 bits per heavy atom. The van der Waals surface area contributed by atoms with Crippen LogP contribution in [0.3, 0.4) is 0 Å². The van der Waals surface area contributed by atoms with E-state index in [-0.39, 0.29) is 47.2 Å². The topological polar surface area (TPSA) is 133 Å². The molecule has 27 heavy (non-hydrogen) atoms. The van der Waals surface area contributed by atoms with E-state index < -0.39 is 5.97 Å². The van der Waals surface area contributed by atoms with Gasteiger partial charge in [-0.15, -0.1) is 0 Å². The Hall–Kier alpha value is -2.18. The molecule has 3 rings (SSSR count). The fourth-order valence-corrected chi connectivity index (χ4v) is 5.04. The number of rotatable bonds is 4. The highest BCUT2D eigenvalue weighted by Gasteiger charge is 2.40. The minimum Gasteiger partial charge on any atom is -0.478 e. The average Bonchev–Trinajstić information content (AvgIpc) is 2.64. The molecule has 3 aliphatic rings. The molecule has 0 spiro atoms. The van der Waals surface area contributed by atoms with Crippen LogP contribution in [0.5, 0.6) is 0 Å². The number of amides is 1. The number of allylic oxidation sites excluding steroid dienone is 1. The minimum atomic E-state index is -1.06. The second-order valence-electron chi connectivity index (χ2n) is 8.30. The Labute approximate surface area is 159 Å². The standard InChI is InChI=1S/C20H29N3O4/c21-19(22)11-1-3-12(4-2-11)20(27)23-15-7-8-16-13(9-15)5-6-14(18(16)26)10-17(24)25/h10-13,15-16H,1-9H2,(H3,21,22)(H,23,27)(H,24,25)/b14-10+. The molecule has 7 nitrogen and oxygen atoms in total. The third-order valence-corrected chi connectivity index (χ3v) is 6.60. The van der Waals surface area contributed by atoms with Crippen molar-refractivity contribution < 1.29 is 19.5 Å². The van der Waals surface area contributed by atoms with Gasteiger partial charge < -0.3 is 16.2 Å². The highest BCUT2D eigenvalue weighted by molar-refractivity contribution is 6.02. The Bertz CT molecular complexity index is 664. The number of hydrogen-bond donors (Lipinski definition) is 4. The van der Waals surface area contributed by atoms with Crippen molar-refractivity contribution in [1.29, 1.82) is 5.41 Å². The smallest absolute Gasteiger partial charge is 0.328 e. The molecule has 0 aliphatic heterocycles. The molecule has 0 aromatic carbocycles. The van der Waals surface area contributed by atoms with Gasteiger partial charge in [-0.05, 0) is 63.7 Å². The van der Waals surface area contributed by atoms with Gasteiger partial charge in [0.25, 0.3) is 0 Å². The molecule has 3 atom stereocenters. The van der Waals surface area contributed by atoms with Gasteiger partial charge in [-0.25, -0.2) is 4.79 Å². The summed E-state index contributed by atoms with van der Waals surface area (Å²) in [5, 5.41) is 19.6. The van der Waals surface area contributed by atoms with Gasteiger partial charge in [-0.3, -0.25) is 15.0 Å². The van der Waals surface area contributed by atoms with Crippen molar-refractivity contribution in [3.05, 3.63) is 11.6 Å². The zero-order valence-electron chi connectivity index (χ0n) is 15.6. The first-order valence-electron chi connectivity index (χ1n) is 9.97. The number of Topliss-reactive ketones (excluding diaryl/α,β-unsaturated/α-hetero) is 1. The Balaban J connectivity index is 1.51. The summed E-state index contributed by atoms with van der Waals surface area (Å²) in [5.41, 5.74) is 6.01. The van der Waals surface area contributed by atoms with E-state index >= 15 is 0 Å². The van der Waals surface area contributed by atoms with E-state index in [1.165, 1.54) is 0 Å². The molecule has 148 valence electrons. The molecule has 7 heteroatoms. The van der Waals surface area contributed by atoms with Crippen LogP contribution in [0.2, 0.25) is 0 Å². The fraction of sp³-hybridized carbons (Fsp3) is 0.700. The van der Waals surface area contributed by atoms with Gasteiger partial charge in [0.1, 0.15) is 0 Å². The van der Waals surface area contributed by atoms with Gasteiger partial charge in [-0.2, -0.15) is 0 Å². The monoisotopic (exact) mass is 375 g/mol. The lowest BCUT2D eigenvalue weighted by Gasteiger charge is -2.39. The number of carbonyl (C=O) groups is 3. The molecule has 5 N–H and O–H groups in total. The number of fused-ring (bicyclic) bond motifs is 1. The lowest BCUT2D eigenvalue weighted by molar-refractivity contribution is -0.132. The number of carboxylic acid groups (broad SMARTS) is 1. The van der Waals surface area contributed by atoms with Crippen LogP contribution < -0.4 is 11.1 Å². The van der Waals surface area contributed by atoms with Gasteiger partial charge in [0.15, 0.2) is 5.78 Å². The average molecular weight is 375 g/mol. The molecule has 0 radical (unpaired) electrons. The van der Waals surface area contributed by atoms with Crippen LogP contribution in [0, 0.1) is 29.1 Å². The quantitative estimate of drug-likeness (QED) is 0.339. The van der Waals surface area contributed by atoms with E-state index in [9.17, 15) is 14.4 Å². The Morgan fingerprint density at radius 1 is 1.07 bits per heavy atom. The summed E-state index contributed by atoms with van der Waals surface area (Å²) in [6.45, 7) is 0. The van der Waals surface area contributed by atoms with Gasteiger partial charge in [0.2, 0.25) is 5.91 Å². The lowest BCUT2D eigenvalue weighted by Crippen LogP contribution is -2.46.